The predicted molar refractivity (Wildman–Crippen MR) is 69.3 cm³/mol. The maximum atomic E-state index is 12.9. The minimum absolute atomic E-state index is 0.0919. The normalized spacial score (nSPS) is 11.5. The fourth-order valence-electron chi connectivity index (χ4n) is 1.82. The third-order valence-electron chi connectivity index (χ3n) is 2.77. The fourth-order valence-corrected chi connectivity index (χ4v) is 1.82. The Hall–Kier alpha value is -2.31. The van der Waals surface area contributed by atoms with Crippen LogP contribution in [0.2, 0.25) is 0 Å². The quantitative estimate of drug-likeness (QED) is 0.816. The summed E-state index contributed by atoms with van der Waals surface area (Å²) in [6.45, 7) is 3.40. The average molecular weight is 298 g/mol. The first kappa shape index (κ1) is 15.1. The van der Waals surface area contributed by atoms with Gasteiger partial charge in [-0.2, -0.15) is 13.2 Å². The Bertz CT molecular complexity index is 662. The zero-order valence-electron chi connectivity index (χ0n) is 11.4. The fraction of sp³-hybridized carbons (Fsp3) is 0.286. The maximum Gasteiger partial charge on any atom is 0.416 e. The molecule has 0 N–H and O–H groups in total. The number of nitrogens with zero attached hydrogens (tertiary/aromatic N) is 2. The van der Waals surface area contributed by atoms with Gasteiger partial charge in [0.25, 0.3) is 0 Å². The van der Waals surface area contributed by atoms with Gasteiger partial charge >= 0.3 is 12.1 Å². The molecule has 1 aromatic heterocycles. The van der Waals surface area contributed by atoms with Crippen molar-refractivity contribution in [2.24, 2.45) is 0 Å². The Morgan fingerprint density at radius 1 is 1.33 bits per heavy atom. The summed E-state index contributed by atoms with van der Waals surface area (Å²) in [4.78, 5) is 15.7. The lowest BCUT2D eigenvalue weighted by molar-refractivity contribution is -0.137. The van der Waals surface area contributed by atoms with Gasteiger partial charge in [-0.05, 0) is 32.0 Å². The van der Waals surface area contributed by atoms with Crippen molar-refractivity contribution in [2.45, 2.75) is 20.0 Å². The molecule has 0 aliphatic carbocycles. The number of halogens is 3. The van der Waals surface area contributed by atoms with Crippen LogP contribution in [0.25, 0.3) is 5.69 Å². The number of hydrogen-bond donors (Lipinski definition) is 0. The topological polar surface area (TPSA) is 44.1 Å². The Labute approximate surface area is 119 Å². The third-order valence-corrected chi connectivity index (χ3v) is 2.77. The van der Waals surface area contributed by atoms with E-state index >= 15 is 0 Å². The van der Waals surface area contributed by atoms with E-state index in [0.717, 1.165) is 12.1 Å². The van der Waals surface area contributed by atoms with Gasteiger partial charge in [0.2, 0.25) is 0 Å². The minimum atomic E-state index is -4.55. The summed E-state index contributed by atoms with van der Waals surface area (Å²) in [7, 11) is 0. The van der Waals surface area contributed by atoms with Crippen LogP contribution in [0.5, 0.6) is 0 Å². The summed E-state index contributed by atoms with van der Waals surface area (Å²) >= 11 is 0. The van der Waals surface area contributed by atoms with Crippen molar-refractivity contribution in [3.63, 3.8) is 0 Å². The van der Waals surface area contributed by atoms with Crippen molar-refractivity contribution in [3.05, 3.63) is 47.5 Å². The predicted octanol–water partition coefficient (Wildman–Crippen LogP) is 3.38. The first-order valence-electron chi connectivity index (χ1n) is 6.21. The lowest BCUT2D eigenvalue weighted by atomic mass is 10.1. The second-order valence-electron chi connectivity index (χ2n) is 4.41. The molecule has 4 nitrogen and oxygen atoms in total. The molecule has 0 aliphatic heterocycles. The first-order valence-corrected chi connectivity index (χ1v) is 6.21. The van der Waals surface area contributed by atoms with Gasteiger partial charge in [0.1, 0.15) is 0 Å². The van der Waals surface area contributed by atoms with Gasteiger partial charge in [0, 0.05) is 11.9 Å². The largest absolute Gasteiger partial charge is 0.462 e. The summed E-state index contributed by atoms with van der Waals surface area (Å²) in [6, 6.07) is 3.09. The highest BCUT2D eigenvalue weighted by atomic mass is 19.4. The monoisotopic (exact) mass is 298 g/mol. The van der Waals surface area contributed by atoms with Crippen molar-refractivity contribution in [2.75, 3.05) is 6.61 Å². The molecule has 1 aromatic carbocycles. The standard InChI is InChI=1S/C14H13F3N2O2/c1-3-21-13(20)10-4-11(14(15,16)17)6-12(5-10)19-7-9(2)18-8-19/h4-8H,3H2,1-2H3. The van der Waals surface area contributed by atoms with E-state index in [9.17, 15) is 18.0 Å². The van der Waals surface area contributed by atoms with Crippen molar-refractivity contribution < 1.29 is 22.7 Å². The second-order valence-corrected chi connectivity index (χ2v) is 4.41. The molecule has 7 heteroatoms. The molecule has 0 saturated heterocycles. The van der Waals surface area contributed by atoms with Gasteiger partial charge in [-0.25, -0.2) is 9.78 Å². The molecule has 0 spiro atoms. The average Bonchev–Trinajstić information content (AvgIpc) is 2.84. The maximum absolute atomic E-state index is 12.9. The van der Waals surface area contributed by atoms with E-state index in [0.29, 0.717) is 5.69 Å². The lowest BCUT2D eigenvalue weighted by Crippen LogP contribution is -2.11. The molecule has 0 amide bonds. The number of imidazole rings is 1. The van der Waals surface area contributed by atoms with E-state index in [1.165, 1.54) is 17.0 Å². The van der Waals surface area contributed by atoms with Gasteiger partial charge in [-0.3, -0.25) is 0 Å². The Morgan fingerprint density at radius 2 is 2.05 bits per heavy atom. The van der Waals surface area contributed by atoms with Crippen LogP contribution in [0.1, 0.15) is 28.5 Å². The summed E-state index contributed by atoms with van der Waals surface area (Å²) in [6.07, 6.45) is -1.59. The number of esters is 1. The molecule has 2 aromatic rings. The lowest BCUT2D eigenvalue weighted by Gasteiger charge is -2.12. The van der Waals surface area contributed by atoms with Gasteiger partial charge in [-0.15, -0.1) is 0 Å². The summed E-state index contributed by atoms with van der Waals surface area (Å²) < 4.78 is 45.0. The molecule has 0 atom stereocenters. The first-order chi connectivity index (χ1) is 9.81. The van der Waals surface area contributed by atoms with E-state index < -0.39 is 17.7 Å². The van der Waals surface area contributed by atoms with Crippen LogP contribution in [0.15, 0.2) is 30.7 Å². The highest BCUT2D eigenvalue weighted by Crippen LogP contribution is 2.31. The number of benzene rings is 1. The number of hydrogen-bond acceptors (Lipinski definition) is 3. The second kappa shape index (κ2) is 5.59. The zero-order chi connectivity index (χ0) is 15.6. The van der Waals surface area contributed by atoms with Crippen molar-refractivity contribution in [3.8, 4) is 5.69 Å². The third kappa shape index (κ3) is 3.42. The molecule has 21 heavy (non-hydrogen) atoms. The van der Waals surface area contributed by atoms with E-state index in [1.54, 1.807) is 20.0 Å². The van der Waals surface area contributed by atoms with Crippen LogP contribution in [0.3, 0.4) is 0 Å². The number of aromatic nitrogens is 2. The molecule has 2 rings (SSSR count). The Kier molecular flexibility index (Phi) is 4.02. The molecule has 0 radical (unpaired) electrons. The van der Waals surface area contributed by atoms with Gasteiger partial charge in [-0.1, -0.05) is 0 Å². The molecule has 0 saturated carbocycles. The Balaban J connectivity index is 2.54. The molecule has 0 aliphatic rings. The molecular formula is C14H13F3N2O2. The van der Waals surface area contributed by atoms with Gasteiger partial charge in [0.05, 0.1) is 29.8 Å². The van der Waals surface area contributed by atoms with Crippen LogP contribution in [0, 0.1) is 6.92 Å². The smallest absolute Gasteiger partial charge is 0.416 e. The summed E-state index contributed by atoms with van der Waals surface area (Å²) in [5.74, 6) is -0.790. The number of alkyl halides is 3. The number of carbonyl (C=O) groups excluding carboxylic acids is 1. The number of rotatable bonds is 3. The van der Waals surface area contributed by atoms with E-state index in [2.05, 4.69) is 4.98 Å². The van der Waals surface area contributed by atoms with Crippen molar-refractivity contribution >= 4 is 5.97 Å². The zero-order valence-corrected chi connectivity index (χ0v) is 11.4. The van der Waals surface area contributed by atoms with Crippen LogP contribution in [0.4, 0.5) is 13.2 Å². The number of aryl methyl sites for hydroxylation is 1. The molecule has 0 unspecified atom stereocenters. The number of carbonyl (C=O) groups is 1. The van der Waals surface area contributed by atoms with Crippen LogP contribution in [-0.4, -0.2) is 22.1 Å². The summed E-state index contributed by atoms with van der Waals surface area (Å²) in [5.41, 5.74) is -0.194. The molecule has 112 valence electrons. The van der Waals surface area contributed by atoms with Gasteiger partial charge in [0.15, 0.2) is 0 Å². The molecule has 0 fully saturated rings. The van der Waals surface area contributed by atoms with Crippen molar-refractivity contribution in [1.29, 1.82) is 0 Å². The molecular weight excluding hydrogens is 285 g/mol. The van der Waals surface area contributed by atoms with E-state index in [4.69, 9.17) is 4.74 Å². The van der Waals surface area contributed by atoms with Crippen molar-refractivity contribution in [1.82, 2.24) is 9.55 Å². The van der Waals surface area contributed by atoms with E-state index in [-0.39, 0.29) is 17.9 Å². The number of ether oxygens (including phenoxy) is 1. The molecule has 0 bridgehead atoms. The van der Waals surface area contributed by atoms with Crippen LogP contribution in [-0.2, 0) is 10.9 Å². The minimum Gasteiger partial charge on any atom is -0.462 e. The summed E-state index contributed by atoms with van der Waals surface area (Å²) in [5, 5.41) is 0. The highest BCUT2D eigenvalue weighted by Gasteiger charge is 2.32. The Morgan fingerprint density at radius 3 is 2.57 bits per heavy atom. The SMILES string of the molecule is CCOC(=O)c1cc(-n2cnc(C)c2)cc(C(F)(F)F)c1. The van der Waals surface area contributed by atoms with Crippen LogP contribution < -0.4 is 0 Å². The molecule has 1 heterocycles. The van der Waals surface area contributed by atoms with Crippen LogP contribution >= 0.6 is 0 Å². The van der Waals surface area contributed by atoms with Gasteiger partial charge < -0.3 is 9.30 Å². The van der Waals surface area contributed by atoms with E-state index in [1.807, 2.05) is 0 Å². The highest BCUT2D eigenvalue weighted by molar-refractivity contribution is 5.90.